The fourth-order valence-corrected chi connectivity index (χ4v) is 1.90. The summed E-state index contributed by atoms with van der Waals surface area (Å²) >= 11 is 0. The van der Waals surface area contributed by atoms with Crippen molar-refractivity contribution < 1.29 is 0 Å². The van der Waals surface area contributed by atoms with Crippen molar-refractivity contribution in [2.75, 3.05) is 6.54 Å². The predicted octanol–water partition coefficient (Wildman–Crippen LogP) is 2.81. The standard InChI is InChI=1S/C11H23N/c1-4-9(2)8-12-11-6-5-10(3)7-11/h9-12H,4-8H2,1-3H3. The Balaban J connectivity index is 2.07. The zero-order valence-corrected chi connectivity index (χ0v) is 8.77. The van der Waals surface area contributed by atoms with Crippen LogP contribution in [-0.4, -0.2) is 12.6 Å². The van der Waals surface area contributed by atoms with Crippen molar-refractivity contribution in [3.8, 4) is 0 Å². The van der Waals surface area contributed by atoms with Gasteiger partial charge in [-0.05, 0) is 37.6 Å². The van der Waals surface area contributed by atoms with Crippen LogP contribution in [0.2, 0.25) is 0 Å². The highest BCUT2D eigenvalue weighted by molar-refractivity contribution is 4.78. The second-order valence-electron chi connectivity index (χ2n) is 4.54. The second-order valence-corrected chi connectivity index (χ2v) is 4.54. The molecule has 0 saturated heterocycles. The van der Waals surface area contributed by atoms with E-state index in [4.69, 9.17) is 0 Å². The molecule has 0 aromatic rings. The number of nitrogens with one attached hydrogen (secondary N) is 1. The fraction of sp³-hybridized carbons (Fsp3) is 1.00. The molecule has 1 rings (SSSR count). The average molecular weight is 169 g/mol. The molecule has 72 valence electrons. The first-order valence-electron chi connectivity index (χ1n) is 5.45. The van der Waals surface area contributed by atoms with Gasteiger partial charge in [0.15, 0.2) is 0 Å². The molecule has 0 bridgehead atoms. The lowest BCUT2D eigenvalue weighted by atomic mass is 10.1. The van der Waals surface area contributed by atoms with Gasteiger partial charge in [0.2, 0.25) is 0 Å². The molecular weight excluding hydrogens is 146 g/mol. The first kappa shape index (κ1) is 10.0. The van der Waals surface area contributed by atoms with Crippen molar-refractivity contribution in [1.29, 1.82) is 0 Å². The highest BCUT2D eigenvalue weighted by Crippen LogP contribution is 2.24. The Hall–Kier alpha value is -0.0400. The molecular formula is C11H23N. The van der Waals surface area contributed by atoms with Crippen molar-refractivity contribution in [3.05, 3.63) is 0 Å². The summed E-state index contributed by atoms with van der Waals surface area (Å²) in [5, 5.41) is 3.66. The Morgan fingerprint density at radius 1 is 1.42 bits per heavy atom. The Labute approximate surface area is 76.9 Å². The second kappa shape index (κ2) is 4.86. The smallest absolute Gasteiger partial charge is 0.00698 e. The van der Waals surface area contributed by atoms with Crippen molar-refractivity contribution in [3.63, 3.8) is 0 Å². The molecule has 1 aliphatic rings. The summed E-state index contributed by atoms with van der Waals surface area (Å²) in [5.74, 6) is 1.81. The van der Waals surface area contributed by atoms with Gasteiger partial charge in [0.25, 0.3) is 0 Å². The van der Waals surface area contributed by atoms with Gasteiger partial charge in [-0.25, -0.2) is 0 Å². The molecule has 1 heteroatoms. The van der Waals surface area contributed by atoms with Crippen LogP contribution in [0, 0.1) is 11.8 Å². The summed E-state index contributed by atoms with van der Waals surface area (Å²) in [5.41, 5.74) is 0. The molecule has 3 atom stereocenters. The summed E-state index contributed by atoms with van der Waals surface area (Å²) in [7, 11) is 0. The molecule has 0 aliphatic heterocycles. The van der Waals surface area contributed by atoms with E-state index in [0.29, 0.717) is 0 Å². The van der Waals surface area contributed by atoms with Gasteiger partial charge in [-0.1, -0.05) is 27.2 Å². The van der Waals surface area contributed by atoms with Crippen molar-refractivity contribution in [1.82, 2.24) is 5.32 Å². The largest absolute Gasteiger partial charge is 0.314 e. The van der Waals surface area contributed by atoms with Crippen molar-refractivity contribution in [2.24, 2.45) is 11.8 Å². The van der Waals surface area contributed by atoms with Crippen LogP contribution < -0.4 is 5.32 Å². The fourth-order valence-electron chi connectivity index (χ4n) is 1.90. The molecule has 0 heterocycles. The molecule has 1 aliphatic carbocycles. The monoisotopic (exact) mass is 169 g/mol. The Morgan fingerprint density at radius 3 is 2.67 bits per heavy atom. The minimum absolute atomic E-state index is 0.828. The lowest BCUT2D eigenvalue weighted by Gasteiger charge is -2.15. The minimum atomic E-state index is 0.828. The molecule has 1 saturated carbocycles. The summed E-state index contributed by atoms with van der Waals surface area (Å²) in [6.45, 7) is 8.17. The maximum absolute atomic E-state index is 3.66. The third-order valence-electron chi connectivity index (χ3n) is 3.15. The van der Waals surface area contributed by atoms with Crippen LogP contribution in [0.4, 0.5) is 0 Å². The van der Waals surface area contributed by atoms with Gasteiger partial charge >= 0.3 is 0 Å². The van der Waals surface area contributed by atoms with Crippen LogP contribution in [-0.2, 0) is 0 Å². The lowest BCUT2D eigenvalue weighted by Crippen LogP contribution is -2.30. The zero-order valence-electron chi connectivity index (χ0n) is 8.77. The summed E-state index contributed by atoms with van der Waals surface area (Å²) in [4.78, 5) is 0. The number of rotatable bonds is 4. The van der Waals surface area contributed by atoms with Gasteiger partial charge < -0.3 is 5.32 Å². The average Bonchev–Trinajstić information content (AvgIpc) is 2.47. The summed E-state index contributed by atoms with van der Waals surface area (Å²) < 4.78 is 0. The van der Waals surface area contributed by atoms with Crippen LogP contribution >= 0.6 is 0 Å². The highest BCUT2D eigenvalue weighted by atomic mass is 14.9. The van der Waals surface area contributed by atoms with E-state index in [1.54, 1.807) is 0 Å². The first-order chi connectivity index (χ1) is 5.72. The molecule has 0 radical (unpaired) electrons. The molecule has 0 aromatic heterocycles. The maximum Gasteiger partial charge on any atom is 0.00698 e. The van der Waals surface area contributed by atoms with E-state index in [1.165, 1.54) is 32.2 Å². The van der Waals surface area contributed by atoms with Crippen LogP contribution in [0.3, 0.4) is 0 Å². The van der Waals surface area contributed by atoms with Crippen molar-refractivity contribution in [2.45, 2.75) is 52.5 Å². The topological polar surface area (TPSA) is 12.0 Å². The Morgan fingerprint density at radius 2 is 2.17 bits per heavy atom. The van der Waals surface area contributed by atoms with Crippen molar-refractivity contribution >= 4 is 0 Å². The number of hydrogen-bond acceptors (Lipinski definition) is 1. The first-order valence-corrected chi connectivity index (χ1v) is 5.45. The Bertz CT molecular complexity index is 122. The van der Waals surface area contributed by atoms with Crippen LogP contribution in [0.25, 0.3) is 0 Å². The number of hydrogen-bond donors (Lipinski definition) is 1. The van der Waals surface area contributed by atoms with E-state index < -0.39 is 0 Å². The van der Waals surface area contributed by atoms with Gasteiger partial charge in [-0.3, -0.25) is 0 Å². The van der Waals surface area contributed by atoms with Crippen LogP contribution in [0.5, 0.6) is 0 Å². The highest BCUT2D eigenvalue weighted by Gasteiger charge is 2.20. The predicted molar refractivity (Wildman–Crippen MR) is 54.3 cm³/mol. The minimum Gasteiger partial charge on any atom is -0.314 e. The molecule has 0 amide bonds. The molecule has 1 nitrogen and oxygen atoms in total. The lowest BCUT2D eigenvalue weighted by molar-refractivity contribution is 0.433. The van der Waals surface area contributed by atoms with Gasteiger partial charge in [0.1, 0.15) is 0 Å². The molecule has 1 fully saturated rings. The summed E-state index contributed by atoms with van der Waals surface area (Å²) in [6, 6.07) is 0.828. The van der Waals surface area contributed by atoms with E-state index in [1.807, 2.05) is 0 Å². The van der Waals surface area contributed by atoms with Gasteiger partial charge in [-0.2, -0.15) is 0 Å². The molecule has 0 aromatic carbocycles. The summed E-state index contributed by atoms with van der Waals surface area (Å²) in [6.07, 6.45) is 5.53. The van der Waals surface area contributed by atoms with Gasteiger partial charge in [0, 0.05) is 6.04 Å². The zero-order chi connectivity index (χ0) is 8.97. The molecule has 12 heavy (non-hydrogen) atoms. The molecule has 0 spiro atoms. The molecule has 1 N–H and O–H groups in total. The quantitative estimate of drug-likeness (QED) is 0.682. The SMILES string of the molecule is CCC(C)CNC1CCC(C)C1. The molecule has 3 unspecified atom stereocenters. The van der Waals surface area contributed by atoms with E-state index in [9.17, 15) is 0 Å². The third kappa shape index (κ3) is 3.14. The third-order valence-corrected chi connectivity index (χ3v) is 3.15. The van der Waals surface area contributed by atoms with E-state index in [-0.39, 0.29) is 0 Å². The van der Waals surface area contributed by atoms with E-state index in [2.05, 4.69) is 26.1 Å². The normalized spacial score (nSPS) is 32.2. The van der Waals surface area contributed by atoms with E-state index >= 15 is 0 Å². The van der Waals surface area contributed by atoms with Gasteiger partial charge in [-0.15, -0.1) is 0 Å². The Kier molecular flexibility index (Phi) is 4.07. The van der Waals surface area contributed by atoms with Crippen LogP contribution in [0.15, 0.2) is 0 Å². The maximum atomic E-state index is 3.66. The van der Waals surface area contributed by atoms with E-state index in [0.717, 1.165) is 17.9 Å². The van der Waals surface area contributed by atoms with Gasteiger partial charge in [0.05, 0.1) is 0 Å². The van der Waals surface area contributed by atoms with Crippen LogP contribution in [0.1, 0.15) is 46.5 Å².